The van der Waals surface area contributed by atoms with Gasteiger partial charge in [-0.3, -0.25) is 4.31 Å². The van der Waals surface area contributed by atoms with Crippen molar-refractivity contribution in [3.05, 3.63) is 66.4 Å². The number of hydrogen-bond donors (Lipinski definition) is 2. The highest BCUT2D eigenvalue weighted by molar-refractivity contribution is 7.92. The van der Waals surface area contributed by atoms with Gasteiger partial charge in [0.1, 0.15) is 5.75 Å². The van der Waals surface area contributed by atoms with Crippen molar-refractivity contribution in [2.75, 3.05) is 49.7 Å². The van der Waals surface area contributed by atoms with Crippen molar-refractivity contribution in [1.82, 2.24) is 19.5 Å². The van der Waals surface area contributed by atoms with E-state index >= 15 is 0 Å². The van der Waals surface area contributed by atoms with Gasteiger partial charge in [-0.05, 0) is 55.3 Å². The minimum atomic E-state index is -3.45. The normalized spacial score (nSPS) is 15.8. The lowest BCUT2D eigenvalue weighted by atomic mass is 9.84. The van der Waals surface area contributed by atoms with Crippen LogP contribution in [0.25, 0.3) is 16.8 Å². The monoisotopic (exact) mass is 550 g/mol. The maximum absolute atomic E-state index is 12.3. The second-order valence-corrected chi connectivity index (χ2v) is 11.9. The van der Waals surface area contributed by atoms with Crippen molar-refractivity contribution in [3.63, 3.8) is 0 Å². The van der Waals surface area contributed by atoms with E-state index < -0.39 is 15.6 Å². The van der Waals surface area contributed by atoms with Gasteiger partial charge in [-0.1, -0.05) is 31.2 Å². The summed E-state index contributed by atoms with van der Waals surface area (Å²) in [5.74, 6) is 0.922. The van der Waals surface area contributed by atoms with Crippen molar-refractivity contribution in [2.45, 2.75) is 25.4 Å². The SMILES string of the molecule is CCN1CCC(O)(c2ccc(Nc3ncc4ccc(-c5ccccc5N(C)S(C)(=O)=O)n4n3)c(OC)c2)CC1. The van der Waals surface area contributed by atoms with Gasteiger partial charge in [0, 0.05) is 25.7 Å². The number of nitrogens with one attached hydrogen (secondary N) is 1. The molecule has 2 aromatic carbocycles. The molecule has 0 unspecified atom stereocenters. The summed E-state index contributed by atoms with van der Waals surface area (Å²) in [4.78, 5) is 6.80. The highest BCUT2D eigenvalue weighted by Crippen LogP contribution is 2.38. The van der Waals surface area contributed by atoms with Gasteiger partial charge in [0.15, 0.2) is 0 Å². The molecule has 206 valence electrons. The molecule has 0 bridgehead atoms. The van der Waals surface area contributed by atoms with Gasteiger partial charge in [0.25, 0.3) is 0 Å². The summed E-state index contributed by atoms with van der Waals surface area (Å²) in [6.07, 6.45) is 4.22. The predicted octanol–water partition coefficient (Wildman–Crippen LogP) is 3.85. The molecule has 1 aliphatic rings. The summed E-state index contributed by atoms with van der Waals surface area (Å²) in [7, 11) is -0.327. The lowest BCUT2D eigenvalue weighted by Crippen LogP contribution is -2.42. The molecule has 4 aromatic rings. The van der Waals surface area contributed by atoms with Crippen LogP contribution in [-0.4, -0.2) is 73.1 Å². The Morgan fingerprint density at radius 1 is 1.13 bits per heavy atom. The lowest BCUT2D eigenvalue weighted by Gasteiger charge is -2.38. The van der Waals surface area contributed by atoms with Crippen LogP contribution in [0.3, 0.4) is 0 Å². The van der Waals surface area contributed by atoms with Crippen molar-refractivity contribution in [1.29, 1.82) is 0 Å². The first-order valence-corrected chi connectivity index (χ1v) is 14.8. The van der Waals surface area contributed by atoms with Gasteiger partial charge in [-0.2, -0.15) is 0 Å². The molecular formula is C28H34N6O4S. The van der Waals surface area contributed by atoms with Crippen LogP contribution in [0.4, 0.5) is 17.3 Å². The first kappa shape index (κ1) is 26.9. The molecule has 11 heteroatoms. The number of anilines is 3. The van der Waals surface area contributed by atoms with E-state index in [0.29, 0.717) is 35.9 Å². The fourth-order valence-corrected chi connectivity index (χ4v) is 5.56. The zero-order chi connectivity index (χ0) is 27.8. The number of nitrogens with zero attached hydrogens (tertiary/aromatic N) is 5. The largest absolute Gasteiger partial charge is 0.495 e. The Balaban J connectivity index is 1.46. The Morgan fingerprint density at radius 3 is 2.56 bits per heavy atom. The molecule has 1 aliphatic heterocycles. The van der Waals surface area contributed by atoms with Crippen LogP contribution in [0.5, 0.6) is 5.75 Å². The van der Waals surface area contributed by atoms with E-state index in [1.165, 1.54) is 17.6 Å². The van der Waals surface area contributed by atoms with Crippen molar-refractivity contribution >= 4 is 32.9 Å². The number of ether oxygens (including phenoxy) is 1. The Morgan fingerprint density at radius 2 is 1.87 bits per heavy atom. The lowest BCUT2D eigenvalue weighted by molar-refractivity contribution is -0.0248. The number of para-hydroxylation sites is 1. The molecule has 2 N–H and O–H groups in total. The topological polar surface area (TPSA) is 112 Å². The van der Waals surface area contributed by atoms with Gasteiger partial charge in [0.05, 0.1) is 47.7 Å². The van der Waals surface area contributed by atoms with E-state index in [4.69, 9.17) is 9.84 Å². The zero-order valence-corrected chi connectivity index (χ0v) is 23.4. The van der Waals surface area contributed by atoms with Crippen LogP contribution in [0, 0.1) is 0 Å². The van der Waals surface area contributed by atoms with Gasteiger partial charge in [-0.15, -0.1) is 5.10 Å². The maximum Gasteiger partial charge on any atom is 0.245 e. The molecule has 39 heavy (non-hydrogen) atoms. The highest BCUT2D eigenvalue weighted by Gasteiger charge is 2.34. The Bertz CT molecular complexity index is 1590. The molecule has 0 spiro atoms. The van der Waals surface area contributed by atoms with Gasteiger partial charge in [0.2, 0.25) is 16.0 Å². The minimum Gasteiger partial charge on any atom is -0.495 e. The molecule has 1 saturated heterocycles. The summed E-state index contributed by atoms with van der Waals surface area (Å²) in [5.41, 5.74) is 3.36. The third-order valence-corrected chi connectivity index (χ3v) is 8.72. The fraction of sp³-hybridized carbons (Fsp3) is 0.357. The van der Waals surface area contributed by atoms with E-state index in [-0.39, 0.29) is 0 Å². The number of hydrogen-bond acceptors (Lipinski definition) is 8. The number of aromatic nitrogens is 3. The standard InChI is InChI=1S/C28H34N6O4S/c1-5-33-16-14-28(35,15-17-33)20-10-12-23(26(18-20)38-3)30-27-29-19-21-11-13-25(34(21)31-27)22-8-6-7-9-24(22)32(2)39(4,36)37/h6-13,18-19,35H,5,14-17H2,1-4H3,(H,30,31). The fourth-order valence-electron chi connectivity index (χ4n) is 5.04. The van der Waals surface area contributed by atoms with Crippen molar-refractivity contribution in [2.24, 2.45) is 0 Å². The van der Waals surface area contributed by atoms with Crippen LogP contribution >= 0.6 is 0 Å². The molecule has 0 saturated carbocycles. The second-order valence-electron chi connectivity index (χ2n) is 9.89. The summed E-state index contributed by atoms with van der Waals surface area (Å²) in [5, 5.41) is 19.3. The minimum absolute atomic E-state index is 0.343. The highest BCUT2D eigenvalue weighted by atomic mass is 32.2. The predicted molar refractivity (Wildman–Crippen MR) is 153 cm³/mol. The van der Waals surface area contributed by atoms with Gasteiger partial charge in [-0.25, -0.2) is 17.9 Å². The summed E-state index contributed by atoms with van der Waals surface area (Å²) >= 11 is 0. The quantitative estimate of drug-likeness (QED) is 0.340. The number of fused-ring (bicyclic) bond motifs is 1. The molecule has 3 heterocycles. The van der Waals surface area contributed by atoms with Crippen LogP contribution in [0.1, 0.15) is 25.3 Å². The number of benzene rings is 2. The third-order valence-electron chi connectivity index (χ3n) is 7.53. The molecule has 10 nitrogen and oxygen atoms in total. The average Bonchev–Trinajstić information content (AvgIpc) is 3.36. The molecule has 1 fully saturated rings. The number of piperidine rings is 1. The van der Waals surface area contributed by atoms with Crippen LogP contribution in [0.15, 0.2) is 60.8 Å². The molecule has 5 rings (SSSR count). The first-order chi connectivity index (χ1) is 18.6. The van der Waals surface area contributed by atoms with E-state index in [2.05, 4.69) is 22.1 Å². The van der Waals surface area contributed by atoms with Crippen LogP contribution < -0.4 is 14.4 Å². The van der Waals surface area contributed by atoms with Gasteiger partial charge >= 0.3 is 0 Å². The van der Waals surface area contributed by atoms with Crippen LogP contribution in [0.2, 0.25) is 0 Å². The molecule has 0 aliphatic carbocycles. The van der Waals surface area contributed by atoms with Crippen molar-refractivity contribution < 1.29 is 18.3 Å². The zero-order valence-electron chi connectivity index (χ0n) is 22.6. The molecule has 2 aromatic heterocycles. The van der Waals surface area contributed by atoms with E-state index in [0.717, 1.165) is 42.0 Å². The number of sulfonamides is 1. The maximum atomic E-state index is 12.3. The first-order valence-electron chi connectivity index (χ1n) is 12.9. The number of rotatable bonds is 8. The van der Waals surface area contributed by atoms with E-state index in [1.54, 1.807) is 30.0 Å². The summed E-state index contributed by atoms with van der Waals surface area (Å²) < 4.78 is 33.2. The smallest absolute Gasteiger partial charge is 0.245 e. The molecule has 0 amide bonds. The van der Waals surface area contributed by atoms with Crippen molar-refractivity contribution in [3.8, 4) is 17.0 Å². The second kappa shape index (κ2) is 10.5. The van der Waals surface area contributed by atoms with Gasteiger partial charge < -0.3 is 20.1 Å². The molecular weight excluding hydrogens is 516 g/mol. The Hall–Kier alpha value is -3.67. The Labute approximate surface area is 228 Å². The van der Waals surface area contributed by atoms with E-state index in [9.17, 15) is 13.5 Å². The third kappa shape index (κ3) is 5.29. The van der Waals surface area contributed by atoms with Crippen LogP contribution in [-0.2, 0) is 15.6 Å². The number of methoxy groups -OCH3 is 1. The van der Waals surface area contributed by atoms with E-state index in [1.807, 2.05) is 42.5 Å². The summed E-state index contributed by atoms with van der Waals surface area (Å²) in [6.45, 7) is 4.82. The Kier molecular flexibility index (Phi) is 7.23. The average molecular weight is 551 g/mol. The molecule has 0 radical (unpaired) electrons. The number of likely N-dealkylation sites (tertiary alicyclic amines) is 1. The summed E-state index contributed by atoms with van der Waals surface area (Å²) in [6, 6.07) is 16.7. The number of aliphatic hydroxyl groups is 1. The molecule has 0 atom stereocenters.